The number of nitrogens with one attached hydrogen (secondary N) is 2. The summed E-state index contributed by atoms with van der Waals surface area (Å²) in [6.07, 6.45) is 9.41. The molecule has 2 aliphatic heterocycles. The molecule has 5 atom stereocenters. The molecule has 3 rings (SSSR count). The van der Waals surface area contributed by atoms with Crippen molar-refractivity contribution in [2.45, 2.75) is 177 Å². The van der Waals surface area contributed by atoms with Crippen molar-refractivity contribution in [3.8, 4) is 0 Å². The van der Waals surface area contributed by atoms with Gasteiger partial charge in [-0.15, -0.1) is 0 Å². The number of likely N-dealkylation sites (tertiary alicyclic amines) is 2. The fourth-order valence-electron chi connectivity index (χ4n) is 6.20. The molecule has 0 aromatic heterocycles. The van der Waals surface area contributed by atoms with Crippen molar-refractivity contribution in [2.24, 2.45) is 11.6 Å². The van der Waals surface area contributed by atoms with Gasteiger partial charge in [0.15, 0.2) is 0 Å². The Labute approximate surface area is 380 Å². The van der Waals surface area contributed by atoms with Crippen LogP contribution in [0.2, 0.25) is 0 Å². The molecule has 1 aromatic rings. The molecule has 1 aromatic carbocycles. The van der Waals surface area contributed by atoms with Crippen molar-refractivity contribution in [1.82, 2.24) is 25.4 Å². The second kappa shape index (κ2) is 38.5. The van der Waals surface area contributed by atoms with Crippen LogP contribution in [0.3, 0.4) is 0 Å². The van der Waals surface area contributed by atoms with Crippen molar-refractivity contribution in [1.29, 1.82) is 0 Å². The molecule has 2 heterocycles. The third-order valence-corrected chi connectivity index (χ3v) is 9.39. The smallest absolute Gasteiger partial charge is 0.328 e. The van der Waals surface area contributed by atoms with E-state index in [4.69, 9.17) is 16.3 Å². The Kier molecular flexibility index (Phi) is 38.0. The zero-order valence-electron chi connectivity index (χ0n) is 40.3. The molecule has 6 N–H and O–H groups in total. The number of esters is 1. The second-order valence-electron chi connectivity index (χ2n) is 14.3. The van der Waals surface area contributed by atoms with Crippen LogP contribution in [0.5, 0.6) is 0 Å². The molecule has 0 spiro atoms. The lowest BCUT2D eigenvalue weighted by molar-refractivity contribution is -0.157. The monoisotopic (exact) mass is 916 g/mol. The maximum Gasteiger partial charge on any atom is 0.328 e. The number of benzene rings is 1. The number of hydrazine groups is 1. The third-order valence-electron chi connectivity index (χ3n) is 9.39. The van der Waals surface area contributed by atoms with Gasteiger partial charge in [0.1, 0.15) is 30.2 Å². The number of hydrogen-bond acceptors (Lipinski definition) is 9. The van der Waals surface area contributed by atoms with Gasteiger partial charge < -0.3 is 30.9 Å². The van der Waals surface area contributed by atoms with E-state index in [1.54, 1.807) is 19.1 Å². The van der Waals surface area contributed by atoms with Gasteiger partial charge in [-0.05, 0) is 77.4 Å². The first-order valence-electron chi connectivity index (χ1n) is 22.6. The topological polar surface area (TPSA) is 215 Å². The third kappa shape index (κ3) is 24.2. The van der Waals surface area contributed by atoms with Crippen LogP contribution in [-0.4, -0.2) is 114 Å². The summed E-state index contributed by atoms with van der Waals surface area (Å²) in [7, 11) is 0.500. The predicted octanol–water partition coefficient (Wildman–Crippen LogP) is 6.47. The molecule has 0 saturated carbocycles. The molecule has 18 heteroatoms. The molecule has 2 fully saturated rings. The number of ether oxygens (including phenoxy) is 1. The maximum atomic E-state index is 13.0. The van der Waals surface area contributed by atoms with Gasteiger partial charge in [0.2, 0.25) is 30.0 Å². The summed E-state index contributed by atoms with van der Waals surface area (Å²) in [6, 6.07) is 1.46. The van der Waals surface area contributed by atoms with E-state index in [0.717, 1.165) is 50.0 Å². The van der Waals surface area contributed by atoms with E-state index in [9.17, 15) is 46.7 Å². The summed E-state index contributed by atoms with van der Waals surface area (Å²) >= 11 is 0. The number of carbonyl (C=O) groups excluding carboxylic acids is 7. The molecule has 64 heavy (non-hydrogen) atoms. The first kappa shape index (κ1) is 63.3. The van der Waals surface area contributed by atoms with E-state index < -0.39 is 72.1 Å². The Morgan fingerprint density at radius 2 is 1.48 bits per heavy atom. The van der Waals surface area contributed by atoms with Gasteiger partial charge in [0.25, 0.3) is 12.3 Å². The number of halogens is 3. The standard InChI is InChI=1S/C21H35N5O6.C17H22F2N2O2.C3H8.2C2H6.CH3F/c1-4-32-21(31)17-10-6-8-12-25(17)19(29)14(2)23-18(28)15(3)26(22)20(30)16-9-5-7-11-24(16)13-27;1-2-3-4-5-9-15(22)21-14(17(20)23)11-12-7-6-8-13(10-12)16(18)19;1-3-2;3*1-2/h13-17H,4-12,22H2,1-3H3,(H,23,28);5-10,14,16H,2-4,11H2,1H3,(H2,20,23)(H,21,22);3H2,1-2H3;2*1-2H3;1H3/b;9-5+;;;;/t;14-;;;;/m.0..../s1. The zero-order valence-corrected chi connectivity index (χ0v) is 40.3. The fourth-order valence-corrected chi connectivity index (χ4v) is 6.20. The quantitative estimate of drug-likeness (QED) is 0.0256. The predicted molar refractivity (Wildman–Crippen MR) is 245 cm³/mol. The van der Waals surface area contributed by atoms with E-state index >= 15 is 0 Å². The molecule has 2 aliphatic rings. The van der Waals surface area contributed by atoms with Crippen molar-refractivity contribution in [3.63, 3.8) is 0 Å². The number of rotatable bonds is 17. The van der Waals surface area contributed by atoms with Crippen molar-refractivity contribution in [2.75, 3.05) is 26.9 Å². The Morgan fingerprint density at radius 1 is 0.906 bits per heavy atom. The van der Waals surface area contributed by atoms with Crippen molar-refractivity contribution < 1.29 is 51.5 Å². The van der Waals surface area contributed by atoms with Crippen molar-refractivity contribution >= 4 is 41.9 Å². The second-order valence-corrected chi connectivity index (χ2v) is 14.3. The SMILES string of the molecule is CC.CC.CCC.CCCC/C=C/C(=O)N[C@@H](Cc1cccc(C(F)F)c1)C(N)=O.CCOC(=O)C1CCCCN1C(=O)C(C)NC(=O)C(C)N(N)C(=O)C1CCCCN1C=O.CF. The van der Waals surface area contributed by atoms with Gasteiger partial charge in [-0.3, -0.25) is 38.2 Å². The van der Waals surface area contributed by atoms with Gasteiger partial charge in [-0.25, -0.2) is 19.4 Å². The van der Waals surface area contributed by atoms with Crippen LogP contribution < -0.4 is 22.2 Å². The van der Waals surface area contributed by atoms with Crippen LogP contribution in [0.4, 0.5) is 13.2 Å². The lowest BCUT2D eigenvalue weighted by Crippen LogP contribution is -2.60. The average molecular weight is 916 g/mol. The summed E-state index contributed by atoms with van der Waals surface area (Å²) in [5, 5.41) is 5.92. The highest BCUT2D eigenvalue weighted by atomic mass is 19.3. The summed E-state index contributed by atoms with van der Waals surface area (Å²) < 4.78 is 40.0. The minimum Gasteiger partial charge on any atom is -0.464 e. The fraction of sp³-hybridized carbons (Fsp3) is 0.674. The van der Waals surface area contributed by atoms with Crippen molar-refractivity contribution in [3.05, 3.63) is 47.5 Å². The minimum atomic E-state index is -2.59. The first-order chi connectivity index (χ1) is 30.6. The van der Waals surface area contributed by atoms with E-state index in [-0.39, 0.29) is 18.6 Å². The molecule has 0 aliphatic carbocycles. The Morgan fingerprint density at radius 3 is 2.02 bits per heavy atom. The molecule has 368 valence electrons. The summed E-state index contributed by atoms with van der Waals surface area (Å²) in [6.45, 7) is 20.1. The Bertz CT molecular complexity index is 1520. The number of piperidine rings is 2. The number of primary amides is 1. The largest absolute Gasteiger partial charge is 0.464 e. The molecule has 0 bridgehead atoms. The van der Waals surface area contributed by atoms with Gasteiger partial charge >= 0.3 is 5.97 Å². The van der Waals surface area contributed by atoms with Gasteiger partial charge in [-0.2, -0.15) is 0 Å². The molecule has 6 amide bonds. The van der Waals surface area contributed by atoms with Crippen LogP contribution >= 0.6 is 0 Å². The molecular weight excluding hydrogens is 836 g/mol. The highest BCUT2D eigenvalue weighted by Gasteiger charge is 2.38. The van der Waals surface area contributed by atoms with Gasteiger partial charge in [-0.1, -0.05) is 98.1 Å². The van der Waals surface area contributed by atoms with E-state index in [1.165, 1.54) is 54.3 Å². The highest BCUT2D eigenvalue weighted by molar-refractivity contribution is 5.94. The van der Waals surface area contributed by atoms with Gasteiger partial charge in [0, 0.05) is 25.1 Å². The number of hydrogen-bond donors (Lipinski definition) is 4. The highest BCUT2D eigenvalue weighted by Crippen LogP contribution is 2.21. The average Bonchev–Trinajstić information content (AvgIpc) is 3.31. The number of nitrogens with zero attached hydrogens (tertiary/aromatic N) is 3. The molecule has 2 saturated heterocycles. The number of allylic oxidation sites excluding steroid dienone is 1. The van der Waals surface area contributed by atoms with E-state index in [2.05, 4.69) is 24.5 Å². The molecule has 15 nitrogen and oxygen atoms in total. The molecular formula is C46H80F3N7O8. The first-order valence-corrected chi connectivity index (χ1v) is 22.6. The minimum absolute atomic E-state index is 0.0738. The van der Waals surface area contributed by atoms with Crippen LogP contribution in [0.1, 0.15) is 151 Å². The number of alkyl halides is 3. The molecule has 0 radical (unpaired) electrons. The molecule has 4 unspecified atom stereocenters. The Balaban J connectivity index is -0.00000102. The number of unbranched alkanes of at least 4 members (excludes halogenated alkanes) is 2. The number of carbonyl (C=O) groups is 7. The van der Waals surface area contributed by atoms with Crippen LogP contribution in [-0.2, 0) is 44.7 Å². The lowest BCUT2D eigenvalue weighted by Gasteiger charge is -2.37. The maximum absolute atomic E-state index is 13.0. The van der Waals surface area contributed by atoms with Crippen LogP contribution in [0.15, 0.2) is 36.4 Å². The van der Waals surface area contributed by atoms with Gasteiger partial charge in [0.05, 0.1) is 13.8 Å². The number of amides is 6. The normalized spacial score (nSPS) is 16.6. The van der Waals surface area contributed by atoms with E-state index in [0.29, 0.717) is 45.1 Å². The van der Waals surface area contributed by atoms with E-state index in [1.807, 2.05) is 34.6 Å². The summed E-state index contributed by atoms with van der Waals surface area (Å²) in [4.78, 5) is 88.0. The lowest BCUT2D eigenvalue weighted by atomic mass is 10.0. The number of nitrogens with two attached hydrogens (primary N) is 2. The summed E-state index contributed by atoms with van der Waals surface area (Å²) in [5.41, 5.74) is 5.67. The van der Waals surface area contributed by atoms with Crippen LogP contribution in [0.25, 0.3) is 0 Å². The Hall–Kier alpha value is -5.00. The zero-order chi connectivity index (χ0) is 49.8. The summed E-state index contributed by atoms with van der Waals surface area (Å²) in [5.74, 6) is 2.84. The van der Waals surface area contributed by atoms with Crippen LogP contribution in [0, 0.1) is 0 Å².